The van der Waals surface area contributed by atoms with E-state index in [1.165, 1.54) is 31.2 Å². The van der Waals surface area contributed by atoms with Crippen LogP contribution in [0.25, 0.3) is 0 Å². The second kappa shape index (κ2) is 6.10. The highest BCUT2D eigenvalue weighted by Gasteiger charge is 2.46. The Labute approximate surface area is 128 Å². The summed E-state index contributed by atoms with van der Waals surface area (Å²) in [7, 11) is 0. The molecule has 1 saturated carbocycles. The van der Waals surface area contributed by atoms with Gasteiger partial charge < -0.3 is 9.84 Å². The second-order valence-electron chi connectivity index (χ2n) is 7.05. The van der Waals surface area contributed by atoms with E-state index in [1.54, 1.807) is 0 Å². The van der Waals surface area contributed by atoms with Gasteiger partial charge in [-0.25, -0.2) is 0 Å². The molecule has 2 aliphatic rings. The van der Waals surface area contributed by atoms with Gasteiger partial charge in [-0.1, -0.05) is 50.1 Å². The van der Waals surface area contributed by atoms with Gasteiger partial charge in [0.2, 0.25) is 0 Å². The Bertz CT molecular complexity index is 450. The first-order chi connectivity index (χ1) is 10.2. The van der Waals surface area contributed by atoms with Crippen molar-refractivity contribution in [2.75, 3.05) is 6.61 Å². The summed E-state index contributed by atoms with van der Waals surface area (Å²) >= 11 is 0. The first-order valence-electron chi connectivity index (χ1n) is 8.56. The minimum Gasteiger partial charge on any atom is -0.389 e. The second-order valence-corrected chi connectivity index (χ2v) is 7.05. The highest BCUT2D eigenvalue weighted by atomic mass is 16.5. The van der Waals surface area contributed by atoms with Crippen LogP contribution in [0, 0.1) is 5.92 Å². The molecule has 21 heavy (non-hydrogen) atoms. The zero-order valence-electron chi connectivity index (χ0n) is 13.2. The fourth-order valence-corrected chi connectivity index (χ4v) is 4.36. The summed E-state index contributed by atoms with van der Waals surface area (Å²) in [5.74, 6) is 0.370. The standard InChI is InChI=1S/C19H28O2/c1-2-19(20,14-16-8-4-3-5-9-16)17-10-13-21-18(15-17)11-6-7-12-18/h3-5,8-9,17,20H,2,6-7,10-15H2,1H3. The van der Waals surface area contributed by atoms with E-state index in [1.807, 2.05) is 6.07 Å². The van der Waals surface area contributed by atoms with Gasteiger partial charge in [0.15, 0.2) is 0 Å². The van der Waals surface area contributed by atoms with Crippen molar-refractivity contribution in [3.63, 3.8) is 0 Å². The fraction of sp³-hybridized carbons (Fsp3) is 0.684. The van der Waals surface area contributed by atoms with Crippen LogP contribution in [0.1, 0.15) is 57.4 Å². The number of aliphatic hydroxyl groups is 1. The van der Waals surface area contributed by atoms with Gasteiger partial charge in [0, 0.05) is 13.0 Å². The van der Waals surface area contributed by atoms with E-state index in [2.05, 4.69) is 31.2 Å². The van der Waals surface area contributed by atoms with Gasteiger partial charge >= 0.3 is 0 Å². The van der Waals surface area contributed by atoms with E-state index in [-0.39, 0.29) is 5.60 Å². The summed E-state index contributed by atoms with van der Waals surface area (Å²) in [6, 6.07) is 10.4. The Balaban J connectivity index is 1.75. The van der Waals surface area contributed by atoms with Crippen molar-refractivity contribution in [3.8, 4) is 0 Å². The molecule has 1 aliphatic heterocycles. The number of hydrogen-bond acceptors (Lipinski definition) is 2. The van der Waals surface area contributed by atoms with Crippen LogP contribution in [-0.2, 0) is 11.2 Å². The summed E-state index contributed by atoms with van der Waals surface area (Å²) in [5, 5.41) is 11.3. The van der Waals surface area contributed by atoms with Crippen molar-refractivity contribution in [1.29, 1.82) is 0 Å². The monoisotopic (exact) mass is 288 g/mol. The molecule has 3 rings (SSSR count). The van der Waals surface area contributed by atoms with Crippen molar-refractivity contribution < 1.29 is 9.84 Å². The van der Waals surface area contributed by atoms with Gasteiger partial charge in [-0.2, -0.15) is 0 Å². The van der Waals surface area contributed by atoms with Gasteiger partial charge in [0.05, 0.1) is 11.2 Å². The fourth-order valence-electron chi connectivity index (χ4n) is 4.36. The molecule has 2 unspecified atom stereocenters. The Morgan fingerprint density at radius 2 is 1.95 bits per heavy atom. The van der Waals surface area contributed by atoms with E-state index < -0.39 is 5.60 Å². The van der Waals surface area contributed by atoms with Gasteiger partial charge in [-0.3, -0.25) is 0 Å². The van der Waals surface area contributed by atoms with Gasteiger partial charge in [-0.05, 0) is 43.6 Å². The topological polar surface area (TPSA) is 29.5 Å². The third-order valence-electron chi connectivity index (χ3n) is 5.73. The summed E-state index contributed by atoms with van der Waals surface area (Å²) in [5.41, 5.74) is 0.748. The molecular weight excluding hydrogens is 260 g/mol. The molecule has 1 saturated heterocycles. The smallest absolute Gasteiger partial charge is 0.0715 e. The first-order valence-corrected chi connectivity index (χ1v) is 8.56. The zero-order valence-corrected chi connectivity index (χ0v) is 13.2. The highest BCUT2D eigenvalue weighted by molar-refractivity contribution is 5.18. The molecule has 0 aromatic heterocycles. The van der Waals surface area contributed by atoms with Crippen molar-refractivity contribution in [2.45, 2.75) is 69.5 Å². The largest absolute Gasteiger partial charge is 0.389 e. The normalized spacial score (nSPS) is 27.6. The molecule has 1 heterocycles. The van der Waals surface area contributed by atoms with Crippen molar-refractivity contribution in [2.24, 2.45) is 5.92 Å². The predicted octanol–water partition coefficient (Wildman–Crippen LogP) is 4.11. The molecule has 2 nitrogen and oxygen atoms in total. The predicted molar refractivity (Wildman–Crippen MR) is 85.3 cm³/mol. The molecule has 0 radical (unpaired) electrons. The van der Waals surface area contributed by atoms with E-state index in [9.17, 15) is 5.11 Å². The molecule has 2 atom stereocenters. The number of rotatable bonds is 4. The number of ether oxygens (including phenoxy) is 1. The third-order valence-corrected chi connectivity index (χ3v) is 5.73. The molecule has 1 aromatic rings. The quantitative estimate of drug-likeness (QED) is 0.903. The Kier molecular flexibility index (Phi) is 4.37. The maximum Gasteiger partial charge on any atom is 0.0715 e. The van der Waals surface area contributed by atoms with Crippen LogP contribution in [0.4, 0.5) is 0 Å². The molecule has 0 amide bonds. The molecule has 116 valence electrons. The van der Waals surface area contributed by atoms with E-state index in [0.717, 1.165) is 32.3 Å². The van der Waals surface area contributed by atoms with Gasteiger partial charge in [0.25, 0.3) is 0 Å². The molecular formula is C19H28O2. The van der Waals surface area contributed by atoms with Crippen LogP contribution >= 0.6 is 0 Å². The average molecular weight is 288 g/mol. The van der Waals surface area contributed by atoms with Crippen LogP contribution < -0.4 is 0 Å². The van der Waals surface area contributed by atoms with E-state index >= 15 is 0 Å². The third kappa shape index (κ3) is 3.17. The zero-order chi connectivity index (χ0) is 14.8. The molecule has 2 heteroatoms. The lowest BCUT2D eigenvalue weighted by Gasteiger charge is -2.45. The summed E-state index contributed by atoms with van der Waals surface area (Å²) in [6.07, 6.45) is 8.59. The maximum absolute atomic E-state index is 11.3. The Morgan fingerprint density at radius 3 is 2.62 bits per heavy atom. The molecule has 2 fully saturated rings. The summed E-state index contributed by atoms with van der Waals surface area (Å²) < 4.78 is 6.14. The Hall–Kier alpha value is -0.860. The van der Waals surface area contributed by atoms with E-state index in [4.69, 9.17) is 4.74 Å². The van der Waals surface area contributed by atoms with Crippen LogP contribution in [-0.4, -0.2) is 22.9 Å². The van der Waals surface area contributed by atoms with E-state index in [0.29, 0.717) is 5.92 Å². The Morgan fingerprint density at radius 1 is 1.24 bits per heavy atom. The maximum atomic E-state index is 11.3. The molecule has 1 aliphatic carbocycles. The van der Waals surface area contributed by atoms with Crippen molar-refractivity contribution in [1.82, 2.24) is 0 Å². The average Bonchev–Trinajstić information content (AvgIpc) is 2.96. The number of hydrogen-bond donors (Lipinski definition) is 1. The van der Waals surface area contributed by atoms with Crippen molar-refractivity contribution >= 4 is 0 Å². The molecule has 0 bridgehead atoms. The van der Waals surface area contributed by atoms with Crippen LogP contribution in [0.15, 0.2) is 30.3 Å². The van der Waals surface area contributed by atoms with Crippen molar-refractivity contribution in [3.05, 3.63) is 35.9 Å². The first kappa shape index (κ1) is 15.1. The van der Waals surface area contributed by atoms with Crippen LogP contribution in [0.2, 0.25) is 0 Å². The molecule has 1 spiro atoms. The van der Waals surface area contributed by atoms with Crippen LogP contribution in [0.5, 0.6) is 0 Å². The van der Waals surface area contributed by atoms with Crippen LogP contribution in [0.3, 0.4) is 0 Å². The number of benzene rings is 1. The van der Waals surface area contributed by atoms with Gasteiger partial charge in [-0.15, -0.1) is 0 Å². The molecule has 1 aromatic carbocycles. The molecule has 1 N–H and O–H groups in total. The minimum absolute atomic E-state index is 0.0861. The summed E-state index contributed by atoms with van der Waals surface area (Å²) in [6.45, 7) is 2.95. The SMILES string of the molecule is CCC(O)(Cc1ccccc1)C1CCOC2(CCCC2)C1. The lowest BCUT2D eigenvalue weighted by molar-refractivity contribution is -0.141. The lowest BCUT2D eigenvalue weighted by atomic mass is 9.71. The summed E-state index contributed by atoms with van der Waals surface area (Å²) in [4.78, 5) is 0. The minimum atomic E-state index is -0.583. The van der Waals surface area contributed by atoms with Gasteiger partial charge in [0.1, 0.15) is 0 Å². The highest BCUT2D eigenvalue weighted by Crippen LogP contribution is 2.46. The lowest BCUT2D eigenvalue weighted by Crippen LogP contribution is -2.48.